The first-order valence-corrected chi connectivity index (χ1v) is 6.69. The van der Waals surface area contributed by atoms with Crippen LogP contribution >= 0.6 is 0 Å². The van der Waals surface area contributed by atoms with Crippen LogP contribution in [0.1, 0.15) is 12.0 Å². The van der Waals surface area contributed by atoms with E-state index in [1.165, 1.54) is 12.3 Å². The fraction of sp³-hybridized carbons (Fsp3) is 0.188. The van der Waals surface area contributed by atoms with Crippen LogP contribution in [0.2, 0.25) is 0 Å². The quantitative estimate of drug-likeness (QED) is 0.313. The van der Waals surface area contributed by atoms with Crippen LogP contribution in [0, 0.1) is 0 Å². The van der Waals surface area contributed by atoms with E-state index in [2.05, 4.69) is 29.0 Å². The first-order chi connectivity index (χ1) is 10.7. The van der Waals surface area contributed by atoms with Crippen molar-refractivity contribution >= 4 is 18.0 Å². The van der Waals surface area contributed by atoms with E-state index in [-0.39, 0.29) is 12.3 Å². The highest BCUT2D eigenvalue weighted by Crippen LogP contribution is 2.11. The number of carbonyl (C=O) groups is 2. The summed E-state index contributed by atoms with van der Waals surface area (Å²) in [5.41, 5.74) is 3.05. The molecular formula is C16H19N3O3. The van der Waals surface area contributed by atoms with Crippen molar-refractivity contribution in [2.45, 2.75) is 6.42 Å². The SMILES string of the molecule is C=CCNC(=O)CC(=O)NN=Cc1cccc(OCC=C)c1. The summed E-state index contributed by atoms with van der Waals surface area (Å²) in [6.07, 6.45) is 4.38. The van der Waals surface area contributed by atoms with Crippen LogP contribution in [0.25, 0.3) is 0 Å². The van der Waals surface area contributed by atoms with Crippen LogP contribution in [-0.2, 0) is 9.59 Å². The lowest BCUT2D eigenvalue weighted by Crippen LogP contribution is -2.29. The Kier molecular flexibility index (Phi) is 7.74. The molecule has 22 heavy (non-hydrogen) atoms. The number of hydrogen-bond acceptors (Lipinski definition) is 4. The Balaban J connectivity index is 2.44. The lowest BCUT2D eigenvalue weighted by Gasteiger charge is -2.03. The van der Waals surface area contributed by atoms with Crippen molar-refractivity contribution in [1.82, 2.24) is 10.7 Å². The minimum atomic E-state index is -0.489. The largest absolute Gasteiger partial charge is 0.490 e. The maximum Gasteiger partial charge on any atom is 0.249 e. The molecule has 116 valence electrons. The molecular weight excluding hydrogens is 282 g/mol. The molecule has 0 bridgehead atoms. The highest BCUT2D eigenvalue weighted by molar-refractivity contribution is 5.97. The Morgan fingerprint density at radius 1 is 1.23 bits per heavy atom. The van der Waals surface area contributed by atoms with Crippen molar-refractivity contribution in [2.75, 3.05) is 13.2 Å². The van der Waals surface area contributed by atoms with Gasteiger partial charge < -0.3 is 10.1 Å². The number of carbonyl (C=O) groups excluding carboxylic acids is 2. The van der Waals surface area contributed by atoms with Crippen molar-refractivity contribution in [3.05, 3.63) is 55.1 Å². The maximum atomic E-state index is 11.5. The van der Waals surface area contributed by atoms with Gasteiger partial charge in [-0.1, -0.05) is 30.9 Å². The molecule has 0 unspecified atom stereocenters. The van der Waals surface area contributed by atoms with Gasteiger partial charge in [0, 0.05) is 6.54 Å². The summed E-state index contributed by atoms with van der Waals surface area (Å²) in [7, 11) is 0. The second-order valence-electron chi connectivity index (χ2n) is 4.23. The Morgan fingerprint density at radius 3 is 2.77 bits per heavy atom. The summed E-state index contributed by atoms with van der Waals surface area (Å²) in [4.78, 5) is 22.8. The third-order valence-corrected chi connectivity index (χ3v) is 2.39. The number of nitrogens with zero attached hydrogens (tertiary/aromatic N) is 1. The van der Waals surface area contributed by atoms with Crippen molar-refractivity contribution in [1.29, 1.82) is 0 Å². The fourth-order valence-electron chi connectivity index (χ4n) is 1.45. The third kappa shape index (κ3) is 7.04. The summed E-state index contributed by atoms with van der Waals surface area (Å²) < 4.78 is 5.39. The molecule has 0 heterocycles. The number of hydrazone groups is 1. The van der Waals surface area contributed by atoms with Gasteiger partial charge in [-0.2, -0.15) is 5.10 Å². The van der Waals surface area contributed by atoms with Gasteiger partial charge in [0.25, 0.3) is 0 Å². The minimum Gasteiger partial charge on any atom is -0.490 e. The van der Waals surface area contributed by atoms with Crippen molar-refractivity contribution in [3.63, 3.8) is 0 Å². The van der Waals surface area contributed by atoms with Crippen LogP contribution in [-0.4, -0.2) is 31.2 Å². The molecule has 2 amide bonds. The second kappa shape index (κ2) is 9.93. The molecule has 0 saturated heterocycles. The smallest absolute Gasteiger partial charge is 0.249 e. The van der Waals surface area contributed by atoms with E-state index in [9.17, 15) is 9.59 Å². The van der Waals surface area contributed by atoms with E-state index in [1.54, 1.807) is 12.1 Å². The van der Waals surface area contributed by atoms with Gasteiger partial charge in [0.1, 0.15) is 18.8 Å². The monoisotopic (exact) mass is 301 g/mol. The zero-order valence-electron chi connectivity index (χ0n) is 12.2. The van der Waals surface area contributed by atoms with E-state index >= 15 is 0 Å². The molecule has 6 heteroatoms. The number of benzene rings is 1. The van der Waals surface area contributed by atoms with Gasteiger partial charge in [0.15, 0.2) is 0 Å². The molecule has 1 rings (SSSR count). The predicted octanol–water partition coefficient (Wildman–Crippen LogP) is 1.39. The van der Waals surface area contributed by atoms with E-state index < -0.39 is 5.91 Å². The standard InChI is InChI=1S/C16H19N3O3/c1-3-8-17-15(20)11-16(21)19-18-12-13-6-5-7-14(10-13)22-9-4-2/h3-7,10,12H,1-2,8-9,11H2,(H,17,20)(H,19,21). The molecule has 0 aliphatic rings. The van der Waals surface area contributed by atoms with Gasteiger partial charge in [0.05, 0.1) is 6.21 Å². The van der Waals surface area contributed by atoms with E-state index in [1.807, 2.05) is 18.2 Å². The molecule has 2 N–H and O–H groups in total. The van der Waals surface area contributed by atoms with E-state index in [0.29, 0.717) is 18.9 Å². The van der Waals surface area contributed by atoms with Gasteiger partial charge in [-0.05, 0) is 17.7 Å². The zero-order chi connectivity index (χ0) is 16.2. The summed E-state index contributed by atoms with van der Waals surface area (Å²) in [5, 5.41) is 6.30. The molecule has 0 radical (unpaired) electrons. The Labute approximate surface area is 129 Å². The first-order valence-electron chi connectivity index (χ1n) is 6.69. The minimum absolute atomic E-state index is 0.284. The third-order valence-electron chi connectivity index (χ3n) is 2.39. The number of ether oxygens (including phenoxy) is 1. The van der Waals surface area contributed by atoms with Crippen LogP contribution in [0.4, 0.5) is 0 Å². The average molecular weight is 301 g/mol. The Morgan fingerprint density at radius 2 is 2.05 bits per heavy atom. The van der Waals surface area contributed by atoms with Crippen molar-refractivity contribution in [3.8, 4) is 5.75 Å². The summed E-state index contributed by atoms with van der Waals surface area (Å²) in [5.74, 6) is -0.191. The predicted molar refractivity (Wildman–Crippen MR) is 85.7 cm³/mol. The molecule has 0 fully saturated rings. The molecule has 0 aromatic heterocycles. The molecule has 6 nitrogen and oxygen atoms in total. The maximum absolute atomic E-state index is 11.5. The Hall–Kier alpha value is -2.89. The summed E-state index contributed by atoms with van der Waals surface area (Å²) in [6.45, 7) is 7.78. The van der Waals surface area contributed by atoms with Crippen LogP contribution < -0.4 is 15.5 Å². The van der Waals surface area contributed by atoms with Crippen LogP contribution in [0.3, 0.4) is 0 Å². The zero-order valence-corrected chi connectivity index (χ0v) is 12.2. The van der Waals surface area contributed by atoms with Crippen LogP contribution in [0.15, 0.2) is 54.7 Å². The summed E-state index contributed by atoms with van der Waals surface area (Å²) >= 11 is 0. The van der Waals surface area contributed by atoms with Gasteiger partial charge in [-0.3, -0.25) is 9.59 Å². The molecule has 0 aliphatic carbocycles. The second-order valence-corrected chi connectivity index (χ2v) is 4.23. The molecule has 1 aromatic rings. The summed E-state index contributed by atoms with van der Waals surface area (Å²) in [6, 6.07) is 7.21. The molecule has 0 aliphatic heterocycles. The Bertz CT molecular complexity index is 568. The topological polar surface area (TPSA) is 79.8 Å². The molecule has 1 aromatic carbocycles. The number of hydrogen-bond donors (Lipinski definition) is 2. The molecule has 0 atom stereocenters. The van der Waals surface area contributed by atoms with Gasteiger partial charge in [-0.15, -0.1) is 6.58 Å². The lowest BCUT2D eigenvalue weighted by molar-refractivity contribution is -0.129. The molecule has 0 spiro atoms. The van der Waals surface area contributed by atoms with Gasteiger partial charge >= 0.3 is 0 Å². The van der Waals surface area contributed by atoms with Crippen molar-refractivity contribution < 1.29 is 14.3 Å². The fourth-order valence-corrected chi connectivity index (χ4v) is 1.45. The first kappa shape index (κ1) is 17.2. The highest BCUT2D eigenvalue weighted by atomic mass is 16.5. The highest BCUT2D eigenvalue weighted by Gasteiger charge is 2.06. The number of nitrogens with one attached hydrogen (secondary N) is 2. The molecule has 0 saturated carbocycles. The van der Waals surface area contributed by atoms with Crippen LogP contribution in [0.5, 0.6) is 5.75 Å². The lowest BCUT2D eigenvalue weighted by atomic mass is 10.2. The van der Waals surface area contributed by atoms with Gasteiger partial charge in [-0.25, -0.2) is 5.43 Å². The van der Waals surface area contributed by atoms with E-state index in [4.69, 9.17) is 4.74 Å². The number of amides is 2. The van der Waals surface area contributed by atoms with E-state index in [0.717, 1.165) is 5.56 Å². The van der Waals surface area contributed by atoms with Crippen molar-refractivity contribution in [2.24, 2.45) is 5.10 Å². The number of rotatable bonds is 9. The van der Waals surface area contributed by atoms with Gasteiger partial charge in [0.2, 0.25) is 11.8 Å². The normalized spacial score (nSPS) is 10.0. The average Bonchev–Trinajstić information content (AvgIpc) is 2.51.